The van der Waals surface area contributed by atoms with E-state index < -0.39 is 0 Å². The quantitative estimate of drug-likeness (QED) is 0.355. The van der Waals surface area contributed by atoms with Gasteiger partial charge in [0.2, 0.25) is 0 Å². The lowest BCUT2D eigenvalue weighted by atomic mass is 9.94. The Bertz CT molecular complexity index is 949. The van der Waals surface area contributed by atoms with E-state index in [1.54, 1.807) is 32.4 Å². The van der Waals surface area contributed by atoms with Crippen LogP contribution in [0.15, 0.2) is 18.2 Å². The minimum Gasteiger partial charge on any atom is -0.493 e. The molecular weight excluding hydrogens is 502 g/mol. The van der Waals surface area contributed by atoms with Gasteiger partial charge >= 0.3 is 6.09 Å². The molecule has 3 fully saturated rings. The number of methoxy groups -OCH3 is 2. The van der Waals surface area contributed by atoms with Crippen molar-refractivity contribution in [2.75, 3.05) is 66.8 Å². The molecule has 1 saturated carbocycles. The summed E-state index contributed by atoms with van der Waals surface area (Å²) in [5.41, 5.74) is 0.565. The molecule has 2 saturated heterocycles. The molecule has 0 bridgehead atoms. The molecule has 0 spiro atoms. The molecule has 218 valence electrons. The fourth-order valence-electron chi connectivity index (χ4n) is 5.30. The molecule has 2 heterocycles. The summed E-state index contributed by atoms with van der Waals surface area (Å²) in [6, 6.07) is 5.61. The van der Waals surface area contributed by atoms with E-state index in [1.165, 1.54) is 0 Å². The third-order valence-corrected chi connectivity index (χ3v) is 7.76. The predicted molar refractivity (Wildman–Crippen MR) is 146 cm³/mol. The summed E-state index contributed by atoms with van der Waals surface area (Å²) in [5, 5.41) is 3.50. The van der Waals surface area contributed by atoms with Crippen LogP contribution in [0.2, 0.25) is 0 Å². The molecule has 1 aromatic rings. The Hall–Kier alpha value is -2.56. The van der Waals surface area contributed by atoms with Gasteiger partial charge in [0.25, 0.3) is 5.91 Å². The fraction of sp³-hybridized carbons (Fsp3) is 0.724. The molecule has 1 N–H and O–H groups in total. The van der Waals surface area contributed by atoms with Gasteiger partial charge in [0.15, 0.2) is 11.5 Å². The van der Waals surface area contributed by atoms with E-state index in [0.29, 0.717) is 56.6 Å². The highest BCUT2D eigenvalue weighted by atomic mass is 16.6. The van der Waals surface area contributed by atoms with Crippen LogP contribution >= 0.6 is 0 Å². The second kappa shape index (κ2) is 14.2. The number of hydrogen-bond donors (Lipinski definition) is 1. The van der Waals surface area contributed by atoms with Gasteiger partial charge in [-0.3, -0.25) is 4.79 Å². The number of rotatable bonds is 14. The lowest BCUT2D eigenvalue weighted by Gasteiger charge is -2.33. The molecule has 4 rings (SSSR count). The van der Waals surface area contributed by atoms with Crippen LogP contribution in [0, 0.1) is 11.8 Å². The zero-order chi connectivity index (χ0) is 27.8. The first-order valence-corrected chi connectivity index (χ1v) is 14.3. The van der Waals surface area contributed by atoms with Crippen LogP contribution in [0.5, 0.6) is 11.5 Å². The molecule has 0 aromatic heterocycles. The standard InChI is InChI=1S/C29H45N3O7/c1-20(2)31(28(33)21-6-9-26(36-4)27(14-21)38-12-5-11-35-3)17-22-15-30-16-23(22)18-32(24-7-8-24)29(34)39-25-10-13-37-19-25/h6,9,14,20,22-25,30H,5,7-8,10-13,15-19H2,1-4H3/t22-,23-,25-/m0/s1. The molecule has 10 nitrogen and oxygen atoms in total. The summed E-state index contributed by atoms with van der Waals surface area (Å²) in [5.74, 6) is 1.57. The van der Waals surface area contributed by atoms with Crippen LogP contribution in [0.1, 0.15) is 49.9 Å². The molecule has 2 amide bonds. The van der Waals surface area contributed by atoms with E-state index >= 15 is 0 Å². The van der Waals surface area contributed by atoms with Crippen molar-refractivity contribution in [1.29, 1.82) is 0 Å². The summed E-state index contributed by atoms with van der Waals surface area (Å²) < 4.78 is 27.6. The minimum absolute atomic E-state index is 0.0128. The molecular formula is C29H45N3O7. The second-order valence-corrected chi connectivity index (χ2v) is 11.0. The van der Waals surface area contributed by atoms with Crippen molar-refractivity contribution in [1.82, 2.24) is 15.1 Å². The number of carbonyl (C=O) groups excluding carboxylic acids is 2. The van der Waals surface area contributed by atoms with Crippen molar-refractivity contribution >= 4 is 12.0 Å². The van der Waals surface area contributed by atoms with Crippen LogP contribution in [-0.2, 0) is 14.2 Å². The van der Waals surface area contributed by atoms with Gasteiger partial charge in [-0.15, -0.1) is 0 Å². The van der Waals surface area contributed by atoms with Gasteiger partial charge in [0, 0.05) is 70.4 Å². The van der Waals surface area contributed by atoms with Crippen molar-refractivity contribution in [3.63, 3.8) is 0 Å². The summed E-state index contributed by atoms with van der Waals surface area (Å²) in [7, 11) is 3.25. The maximum absolute atomic E-state index is 13.7. The second-order valence-electron chi connectivity index (χ2n) is 11.0. The molecule has 2 aliphatic heterocycles. The van der Waals surface area contributed by atoms with E-state index in [1.807, 2.05) is 23.6 Å². The zero-order valence-corrected chi connectivity index (χ0v) is 23.9. The van der Waals surface area contributed by atoms with E-state index in [9.17, 15) is 9.59 Å². The Labute approximate surface area is 232 Å². The number of amides is 2. The van der Waals surface area contributed by atoms with E-state index in [0.717, 1.165) is 38.8 Å². The van der Waals surface area contributed by atoms with Crippen molar-refractivity contribution in [3.05, 3.63) is 23.8 Å². The first-order valence-electron chi connectivity index (χ1n) is 14.3. The average Bonchev–Trinajstić information content (AvgIpc) is 3.45. The first kappa shape index (κ1) is 29.4. The van der Waals surface area contributed by atoms with Crippen LogP contribution < -0.4 is 14.8 Å². The molecule has 3 aliphatic rings. The van der Waals surface area contributed by atoms with Gasteiger partial charge in [-0.05, 0) is 56.7 Å². The Kier molecular flexibility index (Phi) is 10.7. The topological polar surface area (TPSA) is 98.8 Å². The van der Waals surface area contributed by atoms with Crippen LogP contribution in [0.25, 0.3) is 0 Å². The molecule has 1 aliphatic carbocycles. The minimum atomic E-state index is -0.230. The first-order chi connectivity index (χ1) is 18.9. The summed E-state index contributed by atoms with van der Waals surface area (Å²) in [6.45, 7) is 9.14. The van der Waals surface area contributed by atoms with E-state index in [2.05, 4.69) is 5.32 Å². The monoisotopic (exact) mass is 547 g/mol. The van der Waals surface area contributed by atoms with Crippen LogP contribution in [0.3, 0.4) is 0 Å². The maximum atomic E-state index is 13.7. The van der Waals surface area contributed by atoms with Crippen LogP contribution in [0.4, 0.5) is 4.79 Å². The molecule has 0 radical (unpaired) electrons. The SMILES string of the molecule is COCCCOc1cc(C(=O)N(C[C@@H]2CNC[C@H]2CN(C(=O)O[C@H]2CCOC2)C2CC2)C(C)C)ccc1OC. The highest BCUT2D eigenvalue weighted by molar-refractivity contribution is 5.95. The van der Waals surface area contributed by atoms with Crippen molar-refractivity contribution < 1.29 is 33.3 Å². The largest absolute Gasteiger partial charge is 0.493 e. The van der Waals surface area contributed by atoms with E-state index in [-0.39, 0.29) is 42.0 Å². The Balaban J connectivity index is 1.41. The van der Waals surface area contributed by atoms with Gasteiger partial charge in [0.05, 0.1) is 26.9 Å². The number of benzene rings is 1. The Morgan fingerprint density at radius 1 is 1.05 bits per heavy atom. The predicted octanol–water partition coefficient (Wildman–Crippen LogP) is 3.19. The van der Waals surface area contributed by atoms with Gasteiger partial charge in [-0.25, -0.2) is 4.79 Å². The molecule has 39 heavy (non-hydrogen) atoms. The fourth-order valence-corrected chi connectivity index (χ4v) is 5.30. The van der Waals surface area contributed by atoms with Gasteiger partial charge in [-0.1, -0.05) is 0 Å². The summed E-state index contributed by atoms with van der Waals surface area (Å²) >= 11 is 0. The highest BCUT2D eigenvalue weighted by Crippen LogP contribution is 2.32. The highest BCUT2D eigenvalue weighted by Gasteiger charge is 2.40. The van der Waals surface area contributed by atoms with Gasteiger partial charge in [0.1, 0.15) is 6.10 Å². The number of hydrogen-bond acceptors (Lipinski definition) is 8. The van der Waals surface area contributed by atoms with Gasteiger partial charge < -0.3 is 38.8 Å². The lowest BCUT2D eigenvalue weighted by Crippen LogP contribution is -2.45. The number of nitrogens with zero attached hydrogens (tertiary/aromatic N) is 2. The Morgan fingerprint density at radius 3 is 2.46 bits per heavy atom. The third-order valence-electron chi connectivity index (χ3n) is 7.76. The van der Waals surface area contributed by atoms with Crippen molar-refractivity contribution in [3.8, 4) is 11.5 Å². The number of ether oxygens (including phenoxy) is 5. The molecule has 1 aromatic carbocycles. The third kappa shape index (κ3) is 7.99. The molecule has 3 atom stereocenters. The molecule has 0 unspecified atom stereocenters. The molecule has 10 heteroatoms. The lowest BCUT2D eigenvalue weighted by molar-refractivity contribution is 0.0454. The van der Waals surface area contributed by atoms with Crippen molar-refractivity contribution in [2.45, 2.75) is 57.7 Å². The zero-order valence-electron chi connectivity index (χ0n) is 23.9. The number of nitrogens with one attached hydrogen (secondary N) is 1. The normalized spacial score (nSPS) is 22.6. The average molecular weight is 548 g/mol. The van der Waals surface area contributed by atoms with E-state index in [4.69, 9.17) is 23.7 Å². The summed E-state index contributed by atoms with van der Waals surface area (Å²) in [4.78, 5) is 30.6. The maximum Gasteiger partial charge on any atom is 0.410 e. The van der Waals surface area contributed by atoms with Crippen LogP contribution in [-0.4, -0.2) is 107 Å². The smallest absolute Gasteiger partial charge is 0.410 e. The summed E-state index contributed by atoms with van der Waals surface area (Å²) in [6.07, 6.45) is 3.16. The van der Waals surface area contributed by atoms with Crippen molar-refractivity contribution in [2.24, 2.45) is 11.8 Å². The number of carbonyl (C=O) groups is 2. The van der Waals surface area contributed by atoms with Gasteiger partial charge in [-0.2, -0.15) is 0 Å². The Morgan fingerprint density at radius 2 is 1.82 bits per heavy atom.